The lowest BCUT2D eigenvalue weighted by atomic mass is 10.0. The molecule has 0 aromatic heterocycles. The molecular weight excluding hydrogens is 200 g/mol. The van der Waals surface area contributed by atoms with Crippen molar-refractivity contribution >= 4 is 0 Å². The minimum Gasteiger partial charge on any atom is -0.491 e. The Morgan fingerprint density at radius 2 is 2.12 bits per heavy atom. The Kier molecular flexibility index (Phi) is 5.29. The number of ether oxygens (including phenoxy) is 1. The largest absolute Gasteiger partial charge is 0.491 e. The second-order valence-corrected chi connectivity index (χ2v) is 4.25. The molecule has 3 N–H and O–H groups in total. The Labute approximate surface area is 98.0 Å². The third kappa shape index (κ3) is 3.83. The van der Waals surface area contributed by atoms with Crippen LogP contribution in [0.3, 0.4) is 0 Å². The topological polar surface area (TPSA) is 47.3 Å². The Morgan fingerprint density at radius 1 is 1.38 bits per heavy atom. The molecule has 3 nitrogen and oxygen atoms in total. The van der Waals surface area contributed by atoms with Crippen LogP contribution in [0.1, 0.15) is 45.2 Å². The van der Waals surface area contributed by atoms with E-state index in [9.17, 15) is 0 Å². The van der Waals surface area contributed by atoms with Crippen molar-refractivity contribution in [3.63, 3.8) is 0 Å². The van der Waals surface area contributed by atoms with E-state index in [1.54, 1.807) is 0 Å². The van der Waals surface area contributed by atoms with E-state index in [4.69, 9.17) is 10.6 Å². The van der Waals surface area contributed by atoms with Crippen molar-refractivity contribution in [3.05, 3.63) is 29.8 Å². The smallest absolute Gasteiger partial charge is 0.120 e. The summed E-state index contributed by atoms with van der Waals surface area (Å²) in [5, 5.41) is 0. The summed E-state index contributed by atoms with van der Waals surface area (Å²) in [5.74, 6) is 6.46. The Bertz CT molecular complexity index is 313. The minimum atomic E-state index is 0.200. The number of hydrogen-bond donors (Lipinski definition) is 2. The molecule has 0 amide bonds. The lowest BCUT2D eigenvalue weighted by Crippen LogP contribution is -2.27. The van der Waals surface area contributed by atoms with E-state index in [-0.39, 0.29) is 12.1 Å². The molecule has 1 unspecified atom stereocenters. The number of nitrogens with two attached hydrogens (primary N) is 1. The van der Waals surface area contributed by atoms with E-state index in [1.165, 1.54) is 5.56 Å². The predicted molar refractivity (Wildman–Crippen MR) is 67.2 cm³/mol. The first kappa shape index (κ1) is 13.0. The zero-order valence-electron chi connectivity index (χ0n) is 10.4. The van der Waals surface area contributed by atoms with E-state index >= 15 is 0 Å². The van der Waals surface area contributed by atoms with Crippen LogP contribution >= 0.6 is 0 Å². The van der Waals surface area contributed by atoms with Crippen LogP contribution in [0.15, 0.2) is 24.3 Å². The molecule has 1 rings (SSSR count). The van der Waals surface area contributed by atoms with Gasteiger partial charge in [-0.2, -0.15) is 0 Å². The van der Waals surface area contributed by atoms with Crippen LogP contribution in [0.4, 0.5) is 0 Å². The maximum Gasteiger partial charge on any atom is 0.120 e. The maximum atomic E-state index is 5.66. The van der Waals surface area contributed by atoms with Crippen LogP contribution in [0.25, 0.3) is 0 Å². The standard InChI is InChI=1S/C13H22N2O/c1-4-6-13(15-14)11-7-5-8-12(9-11)16-10(2)3/h5,7-10,13,15H,4,6,14H2,1-3H3. The second-order valence-electron chi connectivity index (χ2n) is 4.25. The highest BCUT2D eigenvalue weighted by Crippen LogP contribution is 2.22. The van der Waals surface area contributed by atoms with Crippen molar-refractivity contribution in [3.8, 4) is 5.75 Å². The molecule has 0 saturated heterocycles. The van der Waals surface area contributed by atoms with Crippen LogP contribution in [0.2, 0.25) is 0 Å². The number of benzene rings is 1. The van der Waals surface area contributed by atoms with E-state index in [0.29, 0.717) is 0 Å². The van der Waals surface area contributed by atoms with Gasteiger partial charge in [-0.25, -0.2) is 0 Å². The quantitative estimate of drug-likeness (QED) is 0.574. The average molecular weight is 222 g/mol. The molecule has 0 bridgehead atoms. The summed E-state index contributed by atoms with van der Waals surface area (Å²) >= 11 is 0. The van der Waals surface area contributed by atoms with Gasteiger partial charge >= 0.3 is 0 Å². The van der Waals surface area contributed by atoms with Crippen LogP contribution in [0, 0.1) is 0 Å². The highest BCUT2D eigenvalue weighted by Gasteiger charge is 2.09. The summed E-state index contributed by atoms with van der Waals surface area (Å²) in [6, 6.07) is 8.32. The van der Waals surface area contributed by atoms with E-state index in [0.717, 1.165) is 18.6 Å². The first-order chi connectivity index (χ1) is 7.67. The molecule has 0 spiro atoms. The predicted octanol–water partition coefficient (Wildman–Crippen LogP) is 2.78. The molecule has 0 saturated carbocycles. The van der Waals surface area contributed by atoms with Crippen molar-refractivity contribution in [1.29, 1.82) is 0 Å². The molecule has 0 aliphatic carbocycles. The van der Waals surface area contributed by atoms with Crippen molar-refractivity contribution in [1.82, 2.24) is 5.43 Å². The lowest BCUT2D eigenvalue weighted by Gasteiger charge is -2.17. The Morgan fingerprint density at radius 3 is 2.69 bits per heavy atom. The van der Waals surface area contributed by atoms with Gasteiger partial charge < -0.3 is 4.74 Å². The molecule has 0 aliphatic rings. The summed E-state index contributed by atoms with van der Waals surface area (Å²) in [6.07, 6.45) is 2.33. The fourth-order valence-corrected chi connectivity index (χ4v) is 1.71. The molecule has 1 aromatic carbocycles. The molecule has 0 aliphatic heterocycles. The lowest BCUT2D eigenvalue weighted by molar-refractivity contribution is 0.242. The van der Waals surface area contributed by atoms with Gasteiger partial charge in [0.1, 0.15) is 5.75 Å². The molecule has 3 heteroatoms. The third-order valence-corrected chi connectivity index (χ3v) is 2.41. The van der Waals surface area contributed by atoms with Crippen LogP contribution in [0.5, 0.6) is 5.75 Å². The van der Waals surface area contributed by atoms with Gasteiger partial charge in [-0.15, -0.1) is 0 Å². The fourth-order valence-electron chi connectivity index (χ4n) is 1.71. The van der Waals surface area contributed by atoms with Gasteiger partial charge in [0.25, 0.3) is 0 Å². The summed E-state index contributed by atoms with van der Waals surface area (Å²) in [4.78, 5) is 0. The van der Waals surface area contributed by atoms with Gasteiger partial charge in [0, 0.05) is 6.04 Å². The van der Waals surface area contributed by atoms with E-state index in [1.807, 2.05) is 26.0 Å². The van der Waals surface area contributed by atoms with Crippen molar-refractivity contribution in [2.75, 3.05) is 0 Å². The van der Waals surface area contributed by atoms with Crippen LogP contribution in [-0.2, 0) is 0 Å². The SMILES string of the molecule is CCCC(NN)c1cccc(OC(C)C)c1. The number of rotatable bonds is 6. The summed E-state index contributed by atoms with van der Waals surface area (Å²) in [5.41, 5.74) is 4.03. The molecule has 1 aromatic rings. The Hall–Kier alpha value is -1.06. The van der Waals surface area contributed by atoms with Crippen molar-refractivity contribution in [2.45, 2.75) is 45.8 Å². The summed E-state index contributed by atoms with van der Waals surface area (Å²) in [6.45, 7) is 6.20. The zero-order chi connectivity index (χ0) is 12.0. The summed E-state index contributed by atoms with van der Waals surface area (Å²) in [7, 11) is 0. The van der Waals surface area contributed by atoms with E-state index in [2.05, 4.69) is 24.5 Å². The monoisotopic (exact) mass is 222 g/mol. The molecule has 16 heavy (non-hydrogen) atoms. The van der Waals surface area contributed by atoms with E-state index < -0.39 is 0 Å². The highest BCUT2D eigenvalue weighted by atomic mass is 16.5. The van der Waals surface area contributed by atoms with Gasteiger partial charge in [0.05, 0.1) is 6.10 Å². The van der Waals surface area contributed by atoms with Gasteiger partial charge in [-0.05, 0) is 38.0 Å². The van der Waals surface area contributed by atoms with Gasteiger partial charge in [0.15, 0.2) is 0 Å². The molecule has 0 fully saturated rings. The number of hydrogen-bond acceptors (Lipinski definition) is 3. The number of hydrazine groups is 1. The molecule has 90 valence electrons. The van der Waals surface area contributed by atoms with Gasteiger partial charge in [0.2, 0.25) is 0 Å². The highest BCUT2D eigenvalue weighted by molar-refractivity contribution is 5.30. The van der Waals surface area contributed by atoms with Gasteiger partial charge in [-0.3, -0.25) is 11.3 Å². The third-order valence-electron chi connectivity index (χ3n) is 2.41. The van der Waals surface area contributed by atoms with Crippen molar-refractivity contribution < 1.29 is 4.74 Å². The summed E-state index contributed by atoms with van der Waals surface area (Å²) < 4.78 is 5.66. The maximum absolute atomic E-state index is 5.66. The zero-order valence-corrected chi connectivity index (χ0v) is 10.4. The first-order valence-electron chi connectivity index (χ1n) is 5.90. The average Bonchev–Trinajstić information content (AvgIpc) is 2.25. The van der Waals surface area contributed by atoms with Gasteiger partial charge in [-0.1, -0.05) is 25.5 Å². The Balaban J connectivity index is 2.79. The normalized spacial score (nSPS) is 12.8. The molecule has 0 heterocycles. The van der Waals surface area contributed by atoms with Crippen LogP contribution in [-0.4, -0.2) is 6.10 Å². The first-order valence-corrected chi connectivity index (χ1v) is 5.90. The number of nitrogens with one attached hydrogen (secondary N) is 1. The van der Waals surface area contributed by atoms with Crippen LogP contribution < -0.4 is 16.0 Å². The molecule has 1 atom stereocenters. The minimum absolute atomic E-state index is 0.200. The fraction of sp³-hybridized carbons (Fsp3) is 0.538. The second kappa shape index (κ2) is 6.51. The van der Waals surface area contributed by atoms with Crippen molar-refractivity contribution in [2.24, 2.45) is 5.84 Å². The molecular formula is C13H22N2O. The molecule has 0 radical (unpaired) electrons.